The number of hydrogen-bond acceptors (Lipinski definition) is 5. The molecule has 0 bridgehead atoms. The fraction of sp³-hybridized carbons (Fsp3) is 0.364. The molecule has 2 aliphatic rings. The lowest BCUT2D eigenvalue weighted by Gasteiger charge is -2.43. The fourth-order valence-corrected chi connectivity index (χ4v) is 3.97. The molecule has 4 rings (SSSR count). The molecule has 0 aromatic heterocycles. The third-order valence-corrected chi connectivity index (χ3v) is 5.58. The Morgan fingerprint density at radius 2 is 1.97 bits per heavy atom. The van der Waals surface area contributed by atoms with Crippen molar-refractivity contribution < 1.29 is 23.8 Å². The summed E-state index contributed by atoms with van der Waals surface area (Å²) in [5, 5.41) is 0.506. The van der Waals surface area contributed by atoms with E-state index in [2.05, 4.69) is 0 Å². The number of hydrogen-bond donors (Lipinski definition) is 0. The summed E-state index contributed by atoms with van der Waals surface area (Å²) in [4.78, 5) is 29.0. The zero-order valence-corrected chi connectivity index (χ0v) is 17.4. The van der Waals surface area contributed by atoms with E-state index in [4.69, 9.17) is 25.8 Å². The normalized spacial score (nSPS) is 22.1. The average Bonchev–Trinajstić information content (AvgIpc) is 2.98. The number of halogens is 1. The van der Waals surface area contributed by atoms with Crippen molar-refractivity contribution in [2.75, 3.05) is 51.5 Å². The maximum Gasteiger partial charge on any atom is 0.254 e. The Labute approximate surface area is 180 Å². The highest BCUT2D eigenvalue weighted by Crippen LogP contribution is 2.29. The minimum atomic E-state index is -0.807. The Balaban J connectivity index is 1.56. The zero-order chi connectivity index (χ0) is 21.1. The Morgan fingerprint density at radius 1 is 1.17 bits per heavy atom. The first-order valence-corrected chi connectivity index (χ1v) is 10.1. The molecule has 2 aromatic rings. The van der Waals surface area contributed by atoms with Gasteiger partial charge in [-0.05, 0) is 42.5 Å². The van der Waals surface area contributed by atoms with Gasteiger partial charge in [-0.25, -0.2) is 0 Å². The Hall–Kier alpha value is -2.61. The Bertz CT molecular complexity index is 935. The highest BCUT2D eigenvalue weighted by Gasteiger charge is 2.44. The standard InChI is InChI=1S/C22H23ClN2O5/c1-28-19-7-5-18(6-8-19)25-14-22(30-12-20(25)26)13-24(9-10-29-15-22)21(27)16-3-2-4-17(23)11-16/h2-8,11H,9-10,12-15H2,1H3. The number of amides is 2. The van der Waals surface area contributed by atoms with Gasteiger partial charge in [0.1, 0.15) is 18.0 Å². The number of carbonyl (C=O) groups is 2. The van der Waals surface area contributed by atoms with Crippen molar-refractivity contribution in [3.63, 3.8) is 0 Å². The smallest absolute Gasteiger partial charge is 0.254 e. The number of ether oxygens (including phenoxy) is 3. The first-order valence-electron chi connectivity index (χ1n) is 9.71. The molecular formula is C22H23ClN2O5. The molecule has 1 unspecified atom stereocenters. The molecule has 2 aromatic carbocycles. The molecule has 8 heteroatoms. The van der Waals surface area contributed by atoms with Crippen LogP contribution in [0.4, 0.5) is 5.69 Å². The van der Waals surface area contributed by atoms with Gasteiger partial charge in [-0.1, -0.05) is 17.7 Å². The summed E-state index contributed by atoms with van der Waals surface area (Å²) in [6.45, 7) is 1.66. The number of benzene rings is 2. The van der Waals surface area contributed by atoms with Crippen LogP contribution in [0.15, 0.2) is 48.5 Å². The van der Waals surface area contributed by atoms with Crippen LogP contribution in [0.1, 0.15) is 10.4 Å². The molecule has 2 fully saturated rings. The second-order valence-corrected chi connectivity index (χ2v) is 7.88. The summed E-state index contributed by atoms with van der Waals surface area (Å²) in [7, 11) is 1.60. The van der Waals surface area contributed by atoms with Gasteiger partial charge in [0.2, 0.25) is 0 Å². The Kier molecular flexibility index (Phi) is 5.94. The van der Waals surface area contributed by atoms with E-state index in [1.807, 2.05) is 24.3 Å². The van der Waals surface area contributed by atoms with Crippen LogP contribution in [-0.2, 0) is 14.3 Å². The molecule has 158 valence electrons. The molecule has 0 saturated carbocycles. The molecule has 0 N–H and O–H groups in total. The summed E-state index contributed by atoms with van der Waals surface area (Å²) < 4.78 is 17.0. The summed E-state index contributed by atoms with van der Waals surface area (Å²) in [6.07, 6.45) is 0. The molecule has 30 heavy (non-hydrogen) atoms. The third-order valence-electron chi connectivity index (χ3n) is 5.34. The van der Waals surface area contributed by atoms with Crippen molar-refractivity contribution in [1.29, 1.82) is 0 Å². The zero-order valence-electron chi connectivity index (χ0n) is 16.7. The van der Waals surface area contributed by atoms with Crippen LogP contribution >= 0.6 is 11.6 Å². The first kappa shape index (κ1) is 20.7. The lowest BCUT2D eigenvalue weighted by Crippen LogP contribution is -2.61. The van der Waals surface area contributed by atoms with E-state index in [1.165, 1.54) is 0 Å². The van der Waals surface area contributed by atoms with Gasteiger partial charge in [0.15, 0.2) is 0 Å². The minimum absolute atomic E-state index is 0.0748. The first-order chi connectivity index (χ1) is 14.5. The maximum atomic E-state index is 13.1. The van der Waals surface area contributed by atoms with Gasteiger partial charge >= 0.3 is 0 Å². The van der Waals surface area contributed by atoms with E-state index in [-0.39, 0.29) is 25.0 Å². The second-order valence-electron chi connectivity index (χ2n) is 7.44. The average molecular weight is 431 g/mol. The summed E-state index contributed by atoms with van der Waals surface area (Å²) in [6, 6.07) is 14.2. The number of rotatable bonds is 3. The van der Waals surface area contributed by atoms with Crippen LogP contribution in [0.5, 0.6) is 5.75 Å². The summed E-state index contributed by atoms with van der Waals surface area (Å²) >= 11 is 6.05. The van der Waals surface area contributed by atoms with Crippen molar-refractivity contribution >= 4 is 29.1 Å². The molecule has 1 spiro atoms. The second kappa shape index (κ2) is 8.63. The van der Waals surface area contributed by atoms with Crippen molar-refractivity contribution in [2.24, 2.45) is 0 Å². The van der Waals surface area contributed by atoms with E-state index < -0.39 is 5.60 Å². The summed E-state index contributed by atoms with van der Waals surface area (Å²) in [5.41, 5.74) is 0.456. The number of morpholine rings is 1. The highest BCUT2D eigenvalue weighted by atomic mass is 35.5. The number of anilines is 1. The highest BCUT2D eigenvalue weighted by molar-refractivity contribution is 6.30. The predicted molar refractivity (Wildman–Crippen MR) is 112 cm³/mol. The van der Waals surface area contributed by atoms with Crippen LogP contribution in [-0.4, -0.2) is 68.9 Å². The van der Waals surface area contributed by atoms with Crippen molar-refractivity contribution in [2.45, 2.75) is 5.60 Å². The molecular weight excluding hydrogens is 408 g/mol. The van der Waals surface area contributed by atoms with Crippen molar-refractivity contribution in [3.8, 4) is 5.75 Å². The minimum Gasteiger partial charge on any atom is -0.497 e. The predicted octanol–water partition coefficient (Wildman–Crippen LogP) is 2.62. The van der Waals surface area contributed by atoms with E-state index in [0.717, 1.165) is 5.69 Å². The van der Waals surface area contributed by atoms with Gasteiger partial charge in [-0.3, -0.25) is 9.59 Å². The number of methoxy groups -OCH3 is 1. The van der Waals surface area contributed by atoms with Gasteiger partial charge in [0, 0.05) is 22.8 Å². The monoisotopic (exact) mass is 430 g/mol. The SMILES string of the molecule is COc1ccc(N2CC3(COCCN(C(=O)c4cccc(Cl)c4)C3)OCC2=O)cc1. The molecule has 2 amide bonds. The van der Waals surface area contributed by atoms with Crippen molar-refractivity contribution in [1.82, 2.24) is 4.90 Å². The quantitative estimate of drug-likeness (QED) is 0.748. The van der Waals surface area contributed by atoms with Crippen LogP contribution in [0, 0.1) is 0 Å². The van der Waals surface area contributed by atoms with Gasteiger partial charge < -0.3 is 24.0 Å². The molecule has 2 heterocycles. The number of nitrogens with zero attached hydrogens (tertiary/aromatic N) is 2. The van der Waals surface area contributed by atoms with E-state index >= 15 is 0 Å². The topological polar surface area (TPSA) is 68.3 Å². The molecule has 0 aliphatic carbocycles. The molecule has 1 atom stereocenters. The molecule has 2 saturated heterocycles. The van der Waals surface area contributed by atoms with Gasteiger partial charge in [0.25, 0.3) is 11.8 Å². The molecule has 2 aliphatic heterocycles. The van der Waals surface area contributed by atoms with Crippen LogP contribution < -0.4 is 9.64 Å². The fourth-order valence-electron chi connectivity index (χ4n) is 3.78. The molecule has 0 radical (unpaired) electrons. The lowest BCUT2D eigenvalue weighted by atomic mass is 10.0. The van der Waals surface area contributed by atoms with Gasteiger partial charge in [-0.15, -0.1) is 0 Å². The van der Waals surface area contributed by atoms with Gasteiger partial charge in [0.05, 0.1) is 33.4 Å². The van der Waals surface area contributed by atoms with Crippen LogP contribution in [0.3, 0.4) is 0 Å². The summed E-state index contributed by atoms with van der Waals surface area (Å²) in [5.74, 6) is 0.437. The van der Waals surface area contributed by atoms with Crippen LogP contribution in [0.2, 0.25) is 5.02 Å². The van der Waals surface area contributed by atoms with E-state index in [1.54, 1.807) is 41.2 Å². The van der Waals surface area contributed by atoms with Crippen molar-refractivity contribution in [3.05, 3.63) is 59.1 Å². The van der Waals surface area contributed by atoms with E-state index in [9.17, 15) is 9.59 Å². The largest absolute Gasteiger partial charge is 0.497 e. The number of carbonyl (C=O) groups excluding carboxylic acids is 2. The van der Waals surface area contributed by atoms with Crippen LogP contribution in [0.25, 0.3) is 0 Å². The lowest BCUT2D eigenvalue weighted by molar-refractivity contribution is -0.145. The Morgan fingerprint density at radius 3 is 2.70 bits per heavy atom. The maximum absolute atomic E-state index is 13.1. The van der Waals surface area contributed by atoms with Gasteiger partial charge in [-0.2, -0.15) is 0 Å². The third kappa shape index (κ3) is 4.28. The molecule has 7 nitrogen and oxygen atoms in total. The van der Waals surface area contributed by atoms with E-state index in [0.29, 0.717) is 42.6 Å².